The second-order valence-electron chi connectivity index (χ2n) is 13.6. The van der Waals surface area contributed by atoms with Crippen LogP contribution in [-0.2, 0) is 0 Å². The highest BCUT2D eigenvalue weighted by atomic mass is 15.1. The Hall–Kier alpha value is -7.86. The minimum absolute atomic E-state index is 0.438. The van der Waals surface area contributed by atoms with Crippen molar-refractivity contribution < 1.29 is 0 Å². The fraction of sp³-hybridized carbons (Fsp3) is 0. The van der Waals surface area contributed by atoms with Crippen LogP contribution >= 0.6 is 0 Å². The second kappa shape index (κ2) is 13.0. The first-order valence-corrected chi connectivity index (χ1v) is 18.2. The van der Waals surface area contributed by atoms with Gasteiger partial charge in [0, 0.05) is 44.3 Å². The number of nitriles is 1. The molecule has 2 heterocycles. The van der Waals surface area contributed by atoms with Crippen molar-refractivity contribution in [1.82, 2.24) is 9.13 Å². The molecule has 10 aromatic rings. The molecule has 0 radical (unpaired) electrons. The standard InChI is InChI=1S/C50H31N5/c1-52-36-25-28-45(35(30-36)33-51)55-47-29-26-40(53(37-14-5-2-6-15-37)38-16-7-3-8-17-38)32-44(47)50-41(21-13-23-48(50)55)34-24-27-43-42-20-11-12-22-46(42)54(49(43)31-34)39-18-9-4-10-19-39/h2-32H. The van der Waals surface area contributed by atoms with Crippen molar-refractivity contribution in [2.45, 2.75) is 0 Å². The fourth-order valence-electron chi connectivity index (χ4n) is 8.17. The number of para-hydroxylation sites is 4. The van der Waals surface area contributed by atoms with Gasteiger partial charge in [0.1, 0.15) is 0 Å². The van der Waals surface area contributed by atoms with E-state index in [4.69, 9.17) is 6.57 Å². The molecule has 0 aliphatic rings. The molecule has 5 heteroatoms. The number of hydrogen-bond acceptors (Lipinski definition) is 2. The van der Waals surface area contributed by atoms with Gasteiger partial charge in [-0.1, -0.05) is 103 Å². The van der Waals surface area contributed by atoms with Crippen molar-refractivity contribution in [3.63, 3.8) is 0 Å². The van der Waals surface area contributed by atoms with E-state index in [1.807, 2.05) is 18.2 Å². The topological polar surface area (TPSA) is 41.2 Å². The van der Waals surface area contributed by atoms with E-state index < -0.39 is 0 Å². The van der Waals surface area contributed by atoms with Crippen LogP contribution in [0.3, 0.4) is 0 Å². The van der Waals surface area contributed by atoms with E-state index in [0.717, 1.165) is 72.4 Å². The quantitative estimate of drug-likeness (QED) is 0.162. The summed E-state index contributed by atoms with van der Waals surface area (Å²) in [5.41, 5.74) is 12.3. The van der Waals surface area contributed by atoms with Gasteiger partial charge >= 0.3 is 0 Å². The van der Waals surface area contributed by atoms with Gasteiger partial charge in [-0.2, -0.15) is 5.26 Å². The maximum atomic E-state index is 10.4. The summed E-state index contributed by atoms with van der Waals surface area (Å²) in [6.07, 6.45) is 0. The number of benzene rings is 8. The minimum Gasteiger partial charge on any atom is -0.310 e. The summed E-state index contributed by atoms with van der Waals surface area (Å²) >= 11 is 0. The van der Waals surface area contributed by atoms with Crippen LogP contribution in [0.4, 0.5) is 22.7 Å². The lowest BCUT2D eigenvalue weighted by Gasteiger charge is -2.25. The van der Waals surface area contributed by atoms with Crippen LogP contribution in [0, 0.1) is 17.9 Å². The van der Waals surface area contributed by atoms with E-state index in [0.29, 0.717) is 11.3 Å². The third kappa shape index (κ3) is 5.15. The zero-order valence-electron chi connectivity index (χ0n) is 29.6. The minimum atomic E-state index is 0.438. The lowest BCUT2D eigenvalue weighted by Crippen LogP contribution is -2.09. The summed E-state index contributed by atoms with van der Waals surface area (Å²) in [5.74, 6) is 0. The Morgan fingerprint density at radius 3 is 1.87 bits per heavy atom. The predicted molar refractivity (Wildman–Crippen MR) is 226 cm³/mol. The summed E-state index contributed by atoms with van der Waals surface area (Å²) in [7, 11) is 0. The van der Waals surface area contributed by atoms with Crippen molar-refractivity contribution in [3.05, 3.63) is 205 Å². The number of hydrogen-bond donors (Lipinski definition) is 0. The summed E-state index contributed by atoms with van der Waals surface area (Å²) < 4.78 is 4.53. The summed E-state index contributed by atoms with van der Waals surface area (Å²) in [6, 6.07) is 67.6. The van der Waals surface area contributed by atoms with Gasteiger partial charge in [0.2, 0.25) is 0 Å². The Morgan fingerprint density at radius 2 is 1.15 bits per heavy atom. The van der Waals surface area contributed by atoms with Crippen LogP contribution in [0.15, 0.2) is 188 Å². The Bertz CT molecular complexity index is 3120. The molecule has 0 bridgehead atoms. The maximum absolute atomic E-state index is 10.4. The van der Waals surface area contributed by atoms with Gasteiger partial charge < -0.3 is 14.0 Å². The smallest absolute Gasteiger partial charge is 0.188 e. The molecule has 0 fully saturated rings. The SMILES string of the molecule is [C-]#[N+]c1ccc(-n2c3ccc(N(c4ccccc4)c4ccccc4)cc3c3c(-c4ccc5c6ccccc6n(-c6ccccc6)c5c4)cccc32)c(C#N)c1. The van der Waals surface area contributed by atoms with E-state index in [-0.39, 0.29) is 0 Å². The van der Waals surface area contributed by atoms with Gasteiger partial charge in [-0.05, 0) is 96.1 Å². The maximum Gasteiger partial charge on any atom is 0.188 e. The third-order valence-corrected chi connectivity index (χ3v) is 10.5. The van der Waals surface area contributed by atoms with Gasteiger partial charge in [0.15, 0.2) is 5.69 Å². The fourth-order valence-corrected chi connectivity index (χ4v) is 8.17. The van der Waals surface area contributed by atoms with Gasteiger partial charge in [-0.15, -0.1) is 0 Å². The lowest BCUT2D eigenvalue weighted by molar-refractivity contribution is 1.17. The number of fused-ring (bicyclic) bond motifs is 6. The average Bonchev–Trinajstić information content (AvgIpc) is 3.77. The number of aromatic nitrogens is 2. The van der Waals surface area contributed by atoms with Crippen LogP contribution in [0.5, 0.6) is 0 Å². The van der Waals surface area contributed by atoms with E-state index >= 15 is 0 Å². The Labute approximate surface area is 318 Å². The van der Waals surface area contributed by atoms with Crippen LogP contribution in [0.25, 0.3) is 71.0 Å². The molecule has 10 rings (SSSR count). The molecule has 0 N–H and O–H groups in total. The van der Waals surface area contributed by atoms with Crippen molar-refractivity contribution in [3.8, 4) is 28.6 Å². The summed E-state index contributed by atoms with van der Waals surface area (Å²) in [5, 5.41) is 14.9. The highest BCUT2D eigenvalue weighted by Gasteiger charge is 2.22. The first-order valence-electron chi connectivity index (χ1n) is 18.2. The van der Waals surface area contributed by atoms with Crippen molar-refractivity contribution in [1.29, 1.82) is 5.26 Å². The molecule has 8 aromatic carbocycles. The number of nitrogens with zero attached hydrogens (tertiary/aromatic N) is 5. The monoisotopic (exact) mass is 701 g/mol. The number of anilines is 3. The average molecular weight is 702 g/mol. The first kappa shape index (κ1) is 31.8. The molecule has 5 nitrogen and oxygen atoms in total. The molecule has 0 aliphatic carbocycles. The van der Waals surface area contributed by atoms with E-state index in [9.17, 15) is 5.26 Å². The zero-order valence-corrected chi connectivity index (χ0v) is 29.6. The molecule has 55 heavy (non-hydrogen) atoms. The largest absolute Gasteiger partial charge is 0.310 e. The molecule has 0 aliphatic heterocycles. The molecular formula is C50H31N5. The molecule has 0 spiro atoms. The van der Waals surface area contributed by atoms with Gasteiger partial charge in [-0.3, -0.25) is 0 Å². The van der Waals surface area contributed by atoms with E-state index in [1.165, 1.54) is 10.8 Å². The molecular weight excluding hydrogens is 671 g/mol. The molecule has 0 saturated heterocycles. The van der Waals surface area contributed by atoms with E-state index in [1.54, 1.807) is 12.1 Å². The molecule has 0 amide bonds. The molecule has 0 atom stereocenters. The second-order valence-corrected chi connectivity index (χ2v) is 13.6. The number of rotatable bonds is 6. The normalized spacial score (nSPS) is 11.2. The summed E-state index contributed by atoms with van der Waals surface area (Å²) in [4.78, 5) is 5.90. The molecule has 256 valence electrons. The Balaban J connectivity index is 1.29. The van der Waals surface area contributed by atoms with Crippen molar-refractivity contribution in [2.24, 2.45) is 0 Å². The first-order chi connectivity index (χ1) is 27.2. The van der Waals surface area contributed by atoms with Crippen LogP contribution in [-0.4, -0.2) is 9.13 Å². The third-order valence-electron chi connectivity index (χ3n) is 10.5. The highest BCUT2D eigenvalue weighted by molar-refractivity contribution is 6.18. The van der Waals surface area contributed by atoms with Crippen molar-refractivity contribution >= 4 is 66.4 Å². The van der Waals surface area contributed by atoms with Gasteiger partial charge in [0.05, 0.1) is 46.0 Å². The Morgan fingerprint density at radius 1 is 0.491 bits per heavy atom. The van der Waals surface area contributed by atoms with Gasteiger partial charge in [0.25, 0.3) is 0 Å². The van der Waals surface area contributed by atoms with Crippen LogP contribution in [0.1, 0.15) is 5.56 Å². The summed E-state index contributed by atoms with van der Waals surface area (Å²) in [6.45, 7) is 7.62. The van der Waals surface area contributed by atoms with Crippen LogP contribution in [0.2, 0.25) is 0 Å². The van der Waals surface area contributed by atoms with Crippen LogP contribution < -0.4 is 4.90 Å². The molecule has 2 aromatic heterocycles. The molecule has 0 unspecified atom stereocenters. The van der Waals surface area contributed by atoms with Crippen molar-refractivity contribution in [2.75, 3.05) is 4.90 Å². The molecule has 0 saturated carbocycles. The van der Waals surface area contributed by atoms with Gasteiger partial charge in [-0.25, -0.2) is 4.85 Å². The Kier molecular flexibility index (Phi) is 7.51. The predicted octanol–water partition coefficient (Wildman–Crippen LogP) is 13.4. The highest BCUT2D eigenvalue weighted by Crippen LogP contribution is 2.44. The van der Waals surface area contributed by atoms with E-state index in [2.05, 4.69) is 183 Å². The zero-order chi connectivity index (χ0) is 36.9. The lowest BCUT2D eigenvalue weighted by atomic mass is 9.98.